The number of hydrogen-bond acceptors (Lipinski definition) is 0. The van der Waals surface area contributed by atoms with E-state index in [4.69, 9.17) is 0 Å². The molecule has 3 aliphatic carbocycles. The lowest BCUT2D eigenvalue weighted by atomic mass is 9.82. The molecule has 2 heteroatoms. The lowest BCUT2D eigenvalue weighted by Crippen LogP contribution is -2.12. The SMILES string of the molecule is Cc1cc(C(C)(C)C)c2c(F)cccc2c1.Cc1cc(C(C)(C)C)c2cc(C)c(C)cc2c1.Cc1cc(C(C)(C)C)c2cc(F)ccc2c1.Cc1cc(C2CCCC2)c2c(C)cccc2c1.Cc1cc(C2CCCC2)c2cc(C)ccc2c1.Cc1ccc2c(C(C)(C)C)cc(C)cc2c1.Cc1ccc2c(C3CCCC3)cc(C)cc2c1. The molecule has 3 aliphatic rings. The normalized spacial score (nSPS) is 14.2. The molecule has 3 fully saturated rings. The van der Waals surface area contributed by atoms with Crippen molar-refractivity contribution in [1.29, 1.82) is 0 Å². The predicted molar refractivity (Wildman–Crippen MR) is 508 cm³/mol. The van der Waals surface area contributed by atoms with Gasteiger partial charge in [0.1, 0.15) is 11.6 Å². The van der Waals surface area contributed by atoms with Crippen molar-refractivity contribution in [3.63, 3.8) is 0 Å². The van der Waals surface area contributed by atoms with Crippen LogP contribution < -0.4 is 0 Å². The van der Waals surface area contributed by atoms with Gasteiger partial charge in [-0.05, 0) is 312 Å². The minimum Gasteiger partial charge on any atom is -0.207 e. The van der Waals surface area contributed by atoms with Gasteiger partial charge < -0.3 is 0 Å². The zero-order valence-corrected chi connectivity index (χ0v) is 75.6. The van der Waals surface area contributed by atoms with Crippen LogP contribution in [-0.2, 0) is 21.7 Å². The summed E-state index contributed by atoms with van der Waals surface area (Å²) >= 11 is 0. The Hall–Kier alpha value is -9.24. The third kappa shape index (κ3) is 21.7. The van der Waals surface area contributed by atoms with Gasteiger partial charge in [-0.2, -0.15) is 0 Å². The number of fused-ring (bicyclic) bond motifs is 7. The van der Waals surface area contributed by atoms with Gasteiger partial charge in [0.05, 0.1) is 0 Å². The van der Waals surface area contributed by atoms with Crippen LogP contribution in [0.2, 0.25) is 0 Å². The fourth-order valence-corrected chi connectivity index (χ4v) is 18.7. The minimum atomic E-state index is -0.165. The van der Waals surface area contributed by atoms with Crippen LogP contribution in [-0.4, -0.2) is 0 Å². The Labute approximate surface area is 698 Å². The van der Waals surface area contributed by atoms with Gasteiger partial charge in [-0.3, -0.25) is 0 Å². The second-order valence-corrected chi connectivity index (χ2v) is 39.5. The molecule has 0 nitrogen and oxygen atoms in total. The van der Waals surface area contributed by atoms with E-state index in [1.54, 1.807) is 28.8 Å². The highest BCUT2D eigenvalue weighted by atomic mass is 19.1. The van der Waals surface area contributed by atoms with E-state index in [9.17, 15) is 8.78 Å². The van der Waals surface area contributed by atoms with E-state index in [0.29, 0.717) is 0 Å². The Bertz CT molecular complexity index is 5800. The maximum absolute atomic E-state index is 13.9. The van der Waals surface area contributed by atoms with Crippen molar-refractivity contribution in [2.24, 2.45) is 0 Å². The summed E-state index contributed by atoms with van der Waals surface area (Å²) in [5.74, 6) is 2.13. The van der Waals surface area contributed by atoms with Crippen LogP contribution in [0.1, 0.15) is 289 Å². The van der Waals surface area contributed by atoms with E-state index >= 15 is 0 Å². The molecule has 0 amide bonds. The molecule has 0 aliphatic heterocycles. The topological polar surface area (TPSA) is 0 Å². The van der Waals surface area contributed by atoms with Crippen LogP contribution in [0.4, 0.5) is 8.78 Å². The Morgan fingerprint density at radius 3 is 1.04 bits per heavy atom. The standard InChI is InChI=1S/3C17H20.C17H22.C16H20.2C15H17F/c1-12-10-15-9-5-6-13(2)17(15)16(11-12)14-7-3-4-8-14;1-12-7-8-15-9-13(2)11-16(17(15)10-12)14-5-3-4-6-14;1-12-7-8-16-15(9-12)10-13(2)11-17(16)14-5-3-4-6-14;1-11-7-14-9-12(2)13(3)10-15(14)16(8-11)17(4,5)6;1-11-6-7-14-13(8-11)9-12(2)10-15(14)16(3,4)5;1-10-7-11-5-6-12(16)9-13(11)14(8-10)15(2,3)4;1-10-8-11-6-5-7-13(16)14(11)12(9-10)15(2,3)4/h5-6,9-11,14H,3-4,7-8H2,1-2H3;2*7-11,14H,3-6H2,1-2H3;7-10H,1-6H3;6-10H,1-5H3;2*5-9H,1-4H3. The molecule has 0 unspecified atom stereocenters. The van der Waals surface area contributed by atoms with Crippen LogP contribution >= 0.6 is 0 Å². The zero-order valence-electron chi connectivity index (χ0n) is 75.6. The number of benzene rings is 14. The maximum atomic E-state index is 13.9. The van der Waals surface area contributed by atoms with Crippen molar-refractivity contribution in [2.45, 2.75) is 290 Å². The Kier molecular flexibility index (Phi) is 27.7. The average molecular weight is 1540 g/mol. The lowest BCUT2D eigenvalue weighted by molar-refractivity contribution is 0.586. The quantitative estimate of drug-likeness (QED) is 0.165. The Balaban J connectivity index is 0.000000133. The third-order valence-corrected chi connectivity index (χ3v) is 24.6. The molecule has 14 aromatic rings. The second-order valence-electron chi connectivity index (χ2n) is 39.5. The average Bonchev–Trinajstić information content (AvgIpc) is 1.59. The van der Waals surface area contributed by atoms with Gasteiger partial charge in [-0.15, -0.1) is 0 Å². The summed E-state index contributed by atoms with van der Waals surface area (Å²) in [4.78, 5) is 0. The molecular weight excluding hydrogens is 1410 g/mol. The first-order valence-electron chi connectivity index (χ1n) is 43.6. The van der Waals surface area contributed by atoms with Crippen LogP contribution in [0.5, 0.6) is 0 Å². The second kappa shape index (κ2) is 36.7. The van der Waals surface area contributed by atoms with Crippen molar-refractivity contribution in [3.8, 4) is 0 Å². The van der Waals surface area contributed by atoms with E-state index < -0.39 is 0 Å². The van der Waals surface area contributed by atoms with Crippen molar-refractivity contribution < 1.29 is 8.78 Å². The summed E-state index contributed by atoms with van der Waals surface area (Å²) in [5.41, 5.74) is 28.0. The fraction of sp³-hybridized carbons (Fsp3) is 0.386. The molecular formula is C114H136F2. The van der Waals surface area contributed by atoms with Crippen molar-refractivity contribution >= 4 is 75.4 Å². The number of halogens is 2. The van der Waals surface area contributed by atoms with Crippen LogP contribution in [0.3, 0.4) is 0 Å². The van der Waals surface area contributed by atoms with Gasteiger partial charge in [0.2, 0.25) is 0 Å². The summed E-state index contributed by atoms with van der Waals surface area (Å²) in [7, 11) is 0. The van der Waals surface area contributed by atoms with Gasteiger partial charge in [-0.1, -0.05) is 365 Å². The summed E-state index contributed by atoms with van der Waals surface area (Å²) in [6, 6.07) is 73.9. The van der Waals surface area contributed by atoms with Gasteiger partial charge in [0, 0.05) is 5.39 Å². The number of hydrogen-bond donors (Lipinski definition) is 0. The summed E-state index contributed by atoms with van der Waals surface area (Å²) < 4.78 is 27.2. The summed E-state index contributed by atoms with van der Waals surface area (Å²) in [6.07, 6.45) is 16.7. The molecule has 0 atom stereocenters. The van der Waals surface area contributed by atoms with E-state index in [0.717, 1.165) is 44.9 Å². The summed E-state index contributed by atoms with van der Waals surface area (Å²) in [5, 5.41) is 18.2. The highest BCUT2D eigenvalue weighted by molar-refractivity contribution is 5.94. The molecule has 0 heterocycles. The molecule has 606 valence electrons. The van der Waals surface area contributed by atoms with Gasteiger partial charge in [0.25, 0.3) is 0 Å². The Morgan fingerprint density at radius 1 is 0.224 bits per heavy atom. The largest absolute Gasteiger partial charge is 0.207 e. The number of rotatable bonds is 3. The first kappa shape index (κ1) is 87.6. The molecule has 0 saturated heterocycles. The highest BCUT2D eigenvalue weighted by Crippen LogP contribution is 2.44. The van der Waals surface area contributed by atoms with Crippen LogP contribution in [0.15, 0.2) is 206 Å². The number of aryl methyl sites for hydroxylation is 13. The molecule has 0 N–H and O–H groups in total. The highest BCUT2D eigenvalue weighted by Gasteiger charge is 2.26. The van der Waals surface area contributed by atoms with E-state index in [1.165, 1.54) is 232 Å². The molecule has 17 rings (SSSR count). The van der Waals surface area contributed by atoms with Crippen LogP contribution in [0, 0.1) is 102 Å². The van der Waals surface area contributed by atoms with Gasteiger partial charge >= 0.3 is 0 Å². The Morgan fingerprint density at radius 2 is 0.552 bits per heavy atom. The van der Waals surface area contributed by atoms with Crippen molar-refractivity contribution in [3.05, 3.63) is 329 Å². The van der Waals surface area contributed by atoms with Gasteiger partial charge in [-0.25, -0.2) is 8.78 Å². The molecule has 0 spiro atoms. The molecule has 116 heavy (non-hydrogen) atoms. The molecule has 14 aromatic carbocycles. The lowest BCUT2D eigenvalue weighted by Gasteiger charge is -2.23. The molecule has 0 radical (unpaired) electrons. The van der Waals surface area contributed by atoms with Crippen molar-refractivity contribution in [1.82, 2.24) is 0 Å². The third-order valence-electron chi connectivity index (χ3n) is 24.6. The van der Waals surface area contributed by atoms with Gasteiger partial charge in [0.15, 0.2) is 0 Å². The van der Waals surface area contributed by atoms with Crippen LogP contribution in [0.25, 0.3) is 75.4 Å². The smallest absolute Gasteiger partial charge is 0.131 e. The molecule has 3 saturated carbocycles. The van der Waals surface area contributed by atoms with E-state index in [2.05, 4.69) is 337 Å². The van der Waals surface area contributed by atoms with Crippen molar-refractivity contribution in [2.75, 3.05) is 0 Å². The molecule has 0 bridgehead atoms. The maximum Gasteiger partial charge on any atom is 0.131 e. The monoisotopic (exact) mass is 1540 g/mol. The van der Waals surface area contributed by atoms with E-state index in [-0.39, 0.29) is 33.3 Å². The zero-order chi connectivity index (χ0) is 84.0. The first-order chi connectivity index (χ1) is 54.7. The summed E-state index contributed by atoms with van der Waals surface area (Å²) in [6.45, 7) is 54.8. The predicted octanol–water partition coefficient (Wildman–Crippen LogP) is 34.3. The molecule has 0 aromatic heterocycles. The van der Waals surface area contributed by atoms with E-state index in [1.807, 2.05) is 18.2 Å². The first-order valence-corrected chi connectivity index (χ1v) is 43.6. The fourth-order valence-electron chi connectivity index (χ4n) is 18.7. The minimum absolute atomic E-state index is 0.0353.